The van der Waals surface area contributed by atoms with Crippen LogP contribution in [0.2, 0.25) is 0 Å². The Hall–Kier alpha value is -2.93. The van der Waals surface area contributed by atoms with Crippen molar-refractivity contribution in [2.45, 2.75) is 45.7 Å². The van der Waals surface area contributed by atoms with Crippen LogP contribution in [0.4, 0.5) is 0 Å². The number of aromatic nitrogens is 1. The Balaban J connectivity index is 1.57. The van der Waals surface area contributed by atoms with E-state index in [9.17, 15) is 14.4 Å². The fourth-order valence-corrected chi connectivity index (χ4v) is 4.56. The molecule has 0 saturated carbocycles. The van der Waals surface area contributed by atoms with E-state index in [0.29, 0.717) is 44.9 Å². The maximum atomic E-state index is 13.3. The van der Waals surface area contributed by atoms with Crippen molar-refractivity contribution in [2.75, 3.05) is 26.3 Å². The van der Waals surface area contributed by atoms with E-state index in [1.54, 1.807) is 16.4 Å². The minimum atomic E-state index is -0.310. The Morgan fingerprint density at radius 2 is 2.03 bits per heavy atom. The summed E-state index contributed by atoms with van der Waals surface area (Å²) < 4.78 is 7.04. The smallest absolute Gasteiger partial charge is 0.263 e. The number of nitrogens with one attached hydrogen (secondary N) is 1. The number of fused-ring (bicyclic) bond motifs is 1. The van der Waals surface area contributed by atoms with E-state index in [4.69, 9.17) is 4.74 Å². The highest BCUT2D eigenvalue weighted by Gasteiger charge is 2.27. The fourth-order valence-electron chi connectivity index (χ4n) is 4.56. The molecule has 0 radical (unpaired) electrons. The van der Waals surface area contributed by atoms with E-state index < -0.39 is 0 Å². The summed E-state index contributed by atoms with van der Waals surface area (Å²) in [5.41, 5.74) is 2.78. The van der Waals surface area contributed by atoms with Crippen molar-refractivity contribution in [2.24, 2.45) is 5.92 Å². The molecule has 170 valence electrons. The molecule has 0 bridgehead atoms. The van der Waals surface area contributed by atoms with E-state index >= 15 is 0 Å². The van der Waals surface area contributed by atoms with Gasteiger partial charge in [-0.3, -0.25) is 14.4 Å². The lowest BCUT2D eigenvalue weighted by Crippen LogP contribution is -2.41. The van der Waals surface area contributed by atoms with E-state index in [-0.39, 0.29) is 22.9 Å². The first kappa shape index (κ1) is 22.3. The molecule has 1 fully saturated rings. The summed E-state index contributed by atoms with van der Waals surface area (Å²) in [6, 6.07) is 9.97. The summed E-state index contributed by atoms with van der Waals surface area (Å²) in [6.07, 6.45) is 4.91. The number of carbonyl (C=O) groups is 2. The highest BCUT2D eigenvalue weighted by molar-refractivity contribution is 5.95. The lowest BCUT2D eigenvalue weighted by atomic mass is 9.95. The normalized spacial score (nSPS) is 17.8. The van der Waals surface area contributed by atoms with Crippen LogP contribution in [0.25, 0.3) is 0 Å². The average Bonchev–Trinajstić information content (AvgIpc) is 3.31. The van der Waals surface area contributed by atoms with Crippen molar-refractivity contribution < 1.29 is 14.3 Å². The van der Waals surface area contributed by atoms with Crippen LogP contribution in [0.15, 0.2) is 41.3 Å². The highest BCUT2D eigenvalue weighted by atomic mass is 16.5. The Labute approximate surface area is 188 Å². The Morgan fingerprint density at radius 1 is 1.22 bits per heavy atom. The van der Waals surface area contributed by atoms with Gasteiger partial charge in [0.05, 0.1) is 0 Å². The van der Waals surface area contributed by atoms with Crippen molar-refractivity contribution in [3.63, 3.8) is 0 Å². The second-order valence-corrected chi connectivity index (χ2v) is 8.71. The summed E-state index contributed by atoms with van der Waals surface area (Å²) in [5, 5.41) is 2.96. The standard InChI is InChI=1S/C25H31N3O4/c1-18(29)27-13-9-22-21(15-27)16-28(12-8-19-5-3-2-4-6-19)25(31)23(22)24(30)26-11-7-20-10-14-32-17-20/h2-6,16,20H,7-15,17H2,1H3,(H,26,30). The molecule has 1 aromatic carbocycles. The van der Waals surface area contributed by atoms with Gasteiger partial charge >= 0.3 is 0 Å². The molecule has 2 aromatic rings. The number of pyridine rings is 1. The molecular weight excluding hydrogens is 406 g/mol. The van der Waals surface area contributed by atoms with Crippen molar-refractivity contribution >= 4 is 11.8 Å². The third-order valence-electron chi connectivity index (χ3n) is 6.49. The SMILES string of the molecule is CC(=O)N1CCc2c(cn(CCc3ccccc3)c(=O)c2C(=O)NCCC2CCOC2)C1. The maximum Gasteiger partial charge on any atom is 0.263 e. The van der Waals surface area contributed by atoms with Gasteiger partial charge in [-0.2, -0.15) is 0 Å². The number of hydrogen-bond acceptors (Lipinski definition) is 4. The van der Waals surface area contributed by atoms with Crippen LogP contribution in [0, 0.1) is 5.92 Å². The number of ether oxygens (including phenoxy) is 1. The number of hydrogen-bond donors (Lipinski definition) is 1. The second kappa shape index (κ2) is 10.1. The van der Waals surface area contributed by atoms with Gasteiger partial charge in [0.1, 0.15) is 5.56 Å². The molecule has 7 nitrogen and oxygen atoms in total. The zero-order chi connectivity index (χ0) is 22.5. The number of rotatable bonds is 7. The summed E-state index contributed by atoms with van der Waals surface area (Å²) >= 11 is 0. The second-order valence-electron chi connectivity index (χ2n) is 8.71. The minimum absolute atomic E-state index is 0.00229. The van der Waals surface area contributed by atoms with Crippen molar-refractivity contribution in [3.05, 3.63) is 69.1 Å². The monoisotopic (exact) mass is 437 g/mol. The molecule has 2 aliphatic heterocycles. The fraction of sp³-hybridized carbons (Fsp3) is 0.480. The first-order valence-corrected chi connectivity index (χ1v) is 11.4. The Morgan fingerprint density at radius 3 is 2.75 bits per heavy atom. The molecule has 4 rings (SSSR count). The highest BCUT2D eigenvalue weighted by Crippen LogP contribution is 2.21. The van der Waals surface area contributed by atoms with E-state index in [1.807, 2.05) is 36.5 Å². The minimum Gasteiger partial charge on any atom is -0.381 e. The molecule has 1 saturated heterocycles. The number of aryl methyl sites for hydroxylation is 2. The summed E-state index contributed by atoms with van der Waals surface area (Å²) in [4.78, 5) is 40.1. The maximum absolute atomic E-state index is 13.3. The quantitative estimate of drug-likeness (QED) is 0.720. The van der Waals surface area contributed by atoms with E-state index in [1.165, 1.54) is 0 Å². The third-order valence-corrected chi connectivity index (χ3v) is 6.49. The summed E-state index contributed by atoms with van der Waals surface area (Å²) in [5.74, 6) is 0.157. The van der Waals surface area contributed by atoms with Crippen LogP contribution in [-0.4, -0.2) is 47.6 Å². The molecule has 1 atom stereocenters. The molecule has 2 amide bonds. The molecule has 2 aliphatic rings. The zero-order valence-electron chi connectivity index (χ0n) is 18.6. The number of amides is 2. The zero-order valence-corrected chi connectivity index (χ0v) is 18.6. The van der Waals surface area contributed by atoms with E-state index in [2.05, 4.69) is 5.32 Å². The topological polar surface area (TPSA) is 80.6 Å². The van der Waals surface area contributed by atoms with Crippen LogP contribution in [0.1, 0.15) is 46.8 Å². The van der Waals surface area contributed by atoms with Gasteiger partial charge in [-0.05, 0) is 48.3 Å². The molecule has 1 unspecified atom stereocenters. The molecule has 1 aromatic heterocycles. The molecular formula is C25H31N3O4. The first-order valence-electron chi connectivity index (χ1n) is 11.4. The molecule has 0 aliphatic carbocycles. The van der Waals surface area contributed by atoms with Gasteiger partial charge in [-0.25, -0.2) is 0 Å². The van der Waals surface area contributed by atoms with Gasteiger partial charge in [-0.15, -0.1) is 0 Å². The Kier molecular flexibility index (Phi) is 7.05. The lowest BCUT2D eigenvalue weighted by molar-refractivity contribution is -0.129. The Bertz CT molecular complexity index is 1030. The van der Waals surface area contributed by atoms with Gasteiger partial charge in [-0.1, -0.05) is 30.3 Å². The van der Waals surface area contributed by atoms with Crippen LogP contribution in [0.5, 0.6) is 0 Å². The van der Waals surface area contributed by atoms with Crippen LogP contribution < -0.4 is 10.9 Å². The third kappa shape index (κ3) is 5.10. The molecule has 32 heavy (non-hydrogen) atoms. The predicted molar refractivity (Wildman–Crippen MR) is 122 cm³/mol. The molecule has 1 N–H and O–H groups in total. The number of benzene rings is 1. The van der Waals surface area contributed by atoms with Gasteiger partial charge in [0.25, 0.3) is 11.5 Å². The lowest BCUT2D eigenvalue weighted by Gasteiger charge is -2.29. The van der Waals surface area contributed by atoms with Crippen molar-refractivity contribution in [3.8, 4) is 0 Å². The first-order chi connectivity index (χ1) is 15.5. The van der Waals surface area contributed by atoms with Crippen molar-refractivity contribution in [1.82, 2.24) is 14.8 Å². The number of carbonyl (C=O) groups excluding carboxylic acids is 2. The number of nitrogens with zero attached hydrogens (tertiary/aromatic N) is 2. The summed E-state index contributed by atoms with van der Waals surface area (Å²) in [7, 11) is 0. The molecule has 0 spiro atoms. The average molecular weight is 438 g/mol. The molecule has 3 heterocycles. The van der Waals surface area contributed by atoms with Gasteiger partial charge < -0.3 is 19.5 Å². The van der Waals surface area contributed by atoms with Gasteiger partial charge in [0.2, 0.25) is 5.91 Å². The van der Waals surface area contributed by atoms with Crippen LogP contribution in [-0.2, 0) is 35.5 Å². The van der Waals surface area contributed by atoms with Gasteiger partial charge in [0.15, 0.2) is 0 Å². The van der Waals surface area contributed by atoms with E-state index in [0.717, 1.165) is 42.7 Å². The van der Waals surface area contributed by atoms with Gasteiger partial charge in [0, 0.05) is 52.5 Å². The van der Waals surface area contributed by atoms with Crippen LogP contribution in [0.3, 0.4) is 0 Å². The predicted octanol–water partition coefficient (Wildman–Crippen LogP) is 2.15. The van der Waals surface area contributed by atoms with Crippen LogP contribution >= 0.6 is 0 Å². The van der Waals surface area contributed by atoms with Crippen molar-refractivity contribution in [1.29, 1.82) is 0 Å². The molecule has 7 heteroatoms. The largest absolute Gasteiger partial charge is 0.381 e. The summed E-state index contributed by atoms with van der Waals surface area (Å²) in [6.45, 7) is 5.03.